The van der Waals surface area contributed by atoms with Crippen molar-refractivity contribution in [3.8, 4) is 0 Å². The summed E-state index contributed by atoms with van der Waals surface area (Å²) in [5, 5.41) is 0. The van der Waals surface area contributed by atoms with E-state index in [-0.39, 0.29) is 24.1 Å². The van der Waals surface area contributed by atoms with Crippen molar-refractivity contribution < 1.29 is 19.1 Å². The SMILES string of the molecule is [C-]#[N+]C1C(=O)OC2CCC(OC(=O)C(C)(C)CC)C21. The molecule has 0 N–H and O–H groups in total. The Hall–Kier alpha value is -1.57. The van der Waals surface area contributed by atoms with Crippen molar-refractivity contribution in [2.24, 2.45) is 11.3 Å². The fourth-order valence-electron chi connectivity index (χ4n) is 2.59. The van der Waals surface area contributed by atoms with Gasteiger partial charge >= 0.3 is 18.0 Å². The number of nitrogens with zero attached hydrogens (tertiary/aromatic N) is 1. The molecule has 2 fully saturated rings. The normalized spacial score (nSPS) is 33.5. The van der Waals surface area contributed by atoms with Gasteiger partial charge < -0.3 is 14.3 Å². The van der Waals surface area contributed by atoms with Crippen LogP contribution in [0.5, 0.6) is 0 Å². The molecule has 1 saturated heterocycles. The molecule has 19 heavy (non-hydrogen) atoms. The zero-order valence-electron chi connectivity index (χ0n) is 11.5. The Bertz CT molecular complexity index is 437. The third-order valence-corrected chi connectivity index (χ3v) is 4.30. The maximum Gasteiger partial charge on any atom is 0.391 e. The quantitative estimate of drug-likeness (QED) is 0.578. The van der Waals surface area contributed by atoms with Crippen LogP contribution in [0.15, 0.2) is 0 Å². The summed E-state index contributed by atoms with van der Waals surface area (Å²) in [5.74, 6) is -1.02. The first-order valence-corrected chi connectivity index (χ1v) is 6.69. The highest BCUT2D eigenvalue weighted by Gasteiger charge is 2.58. The number of carbonyl (C=O) groups excluding carboxylic acids is 2. The average molecular weight is 265 g/mol. The summed E-state index contributed by atoms with van der Waals surface area (Å²) in [6.07, 6.45) is 1.41. The van der Waals surface area contributed by atoms with Crippen LogP contribution in [-0.2, 0) is 19.1 Å². The van der Waals surface area contributed by atoms with Gasteiger partial charge in [0.05, 0.1) is 5.41 Å². The maximum absolute atomic E-state index is 12.1. The van der Waals surface area contributed by atoms with Crippen molar-refractivity contribution in [3.63, 3.8) is 0 Å². The molecule has 4 atom stereocenters. The molecule has 0 bridgehead atoms. The number of esters is 2. The lowest BCUT2D eigenvalue weighted by Gasteiger charge is -2.25. The molecule has 4 unspecified atom stereocenters. The van der Waals surface area contributed by atoms with E-state index in [9.17, 15) is 9.59 Å². The van der Waals surface area contributed by atoms with E-state index in [4.69, 9.17) is 16.0 Å². The Morgan fingerprint density at radius 1 is 1.53 bits per heavy atom. The first kappa shape index (κ1) is 13.9. The molecule has 5 heteroatoms. The summed E-state index contributed by atoms with van der Waals surface area (Å²) >= 11 is 0. The van der Waals surface area contributed by atoms with E-state index in [2.05, 4.69) is 4.85 Å². The van der Waals surface area contributed by atoms with Crippen LogP contribution in [0.3, 0.4) is 0 Å². The largest absolute Gasteiger partial charge is 0.461 e. The second-order valence-corrected chi connectivity index (χ2v) is 5.89. The van der Waals surface area contributed by atoms with Gasteiger partial charge in [-0.2, -0.15) is 0 Å². The minimum atomic E-state index is -0.810. The Labute approximate surface area is 113 Å². The standard InChI is InChI=1S/C14H19NO4/c1-5-14(2,3)13(17)19-9-7-6-8-10(9)11(15-4)12(16)18-8/h8-11H,5-7H2,1-3H3. The Morgan fingerprint density at radius 2 is 2.21 bits per heavy atom. The zero-order chi connectivity index (χ0) is 14.2. The number of fused-ring (bicyclic) bond motifs is 1. The van der Waals surface area contributed by atoms with E-state index >= 15 is 0 Å². The topological polar surface area (TPSA) is 57.0 Å². The van der Waals surface area contributed by atoms with Gasteiger partial charge in [-0.3, -0.25) is 4.79 Å². The molecule has 1 aliphatic carbocycles. The van der Waals surface area contributed by atoms with Crippen LogP contribution in [0, 0.1) is 17.9 Å². The summed E-state index contributed by atoms with van der Waals surface area (Å²) in [6.45, 7) is 12.7. The molecule has 0 aromatic rings. The lowest BCUT2D eigenvalue weighted by molar-refractivity contribution is -0.161. The zero-order valence-corrected chi connectivity index (χ0v) is 11.5. The maximum atomic E-state index is 12.1. The van der Waals surface area contributed by atoms with Crippen LogP contribution in [-0.4, -0.2) is 30.2 Å². The third-order valence-electron chi connectivity index (χ3n) is 4.30. The smallest absolute Gasteiger partial charge is 0.391 e. The van der Waals surface area contributed by atoms with E-state index in [1.807, 2.05) is 20.8 Å². The molecule has 2 rings (SSSR count). The van der Waals surface area contributed by atoms with Crippen molar-refractivity contribution in [2.75, 3.05) is 0 Å². The molecule has 0 spiro atoms. The summed E-state index contributed by atoms with van der Waals surface area (Å²) in [4.78, 5) is 27.0. The van der Waals surface area contributed by atoms with Crippen molar-refractivity contribution in [1.82, 2.24) is 0 Å². The Kier molecular flexibility index (Phi) is 3.53. The summed E-state index contributed by atoms with van der Waals surface area (Å²) in [6, 6.07) is -0.810. The Balaban J connectivity index is 2.09. The van der Waals surface area contributed by atoms with Crippen molar-refractivity contribution in [1.29, 1.82) is 0 Å². The van der Waals surface area contributed by atoms with E-state index in [1.54, 1.807) is 0 Å². The highest BCUT2D eigenvalue weighted by molar-refractivity contribution is 5.81. The third kappa shape index (κ3) is 2.32. The van der Waals surface area contributed by atoms with E-state index < -0.39 is 17.4 Å². The van der Waals surface area contributed by atoms with Crippen LogP contribution in [0.25, 0.3) is 4.85 Å². The number of ether oxygens (including phenoxy) is 2. The average Bonchev–Trinajstić information content (AvgIpc) is 2.88. The van der Waals surface area contributed by atoms with Gasteiger partial charge in [-0.1, -0.05) is 6.92 Å². The van der Waals surface area contributed by atoms with Crippen LogP contribution in [0.4, 0.5) is 0 Å². The monoisotopic (exact) mass is 265 g/mol. The van der Waals surface area contributed by atoms with Crippen LogP contribution < -0.4 is 0 Å². The molecule has 0 aromatic heterocycles. The number of rotatable bonds is 3. The fraction of sp³-hybridized carbons (Fsp3) is 0.786. The van der Waals surface area contributed by atoms with E-state index in [0.717, 1.165) is 0 Å². The van der Waals surface area contributed by atoms with Crippen molar-refractivity contribution in [3.05, 3.63) is 11.4 Å². The van der Waals surface area contributed by atoms with Gasteiger partial charge in [0.25, 0.3) is 0 Å². The number of carbonyl (C=O) groups is 2. The predicted octanol–water partition coefficient (Wildman–Crippen LogP) is 1.96. The minimum absolute atomic E-state index is 0.255. The molecule has 5 nitrogen and oxygen atoms in total. The van der Waals surface area contributed by atoms with Gasteiger partial charge in [-0.05, 0) is 33.1 Å². The highest BCUT2D eigenvalue weighted by atomic mass is 16.6. The Morgan fingerprint density at radius 3 is 2.79 bits per heavy atom. The second-order valence-electron chi connectivity index (χ2n) is 5.89. The van der Waals surface area contributed by atoms with Crippen LogP contribution in [0.2, 0.25) is 0 Å². The fourth-order valence-corrected chi connectivity index (χ4v) is 2.59. The molecule has 104 valence electrons. The van der Waals surface area contributed by atoms with E-state index in [1.165, 1.54) is 0 Å². The van der Waals surface area contributed by atoms with Crippen LogP contribution >= 0.6 is 0 Å². The van der Waals surface area contributed by atoms with Gasteiger partial charge in [-0.15, -0.1) is 0 Å². The predicted molar refractivity (Wildman–Crippen MR) is 66.9 cm³/mol. The molecular formula is C14H19NO4. The number of hydrogen-bond acceptors (Lipinski definition) is 4. The summed E-state index contributed by atoms with van der Waals surface area (Å²) < 4.78 is 10.7. The first-order chi connectivity index (χ1) is 8.90. The summed E-state index contributed by atoms with van der Waals surface area (Å²) in [7, 11) is 0. The van der Waals surface area contributed by atoms with Gasteiger partial charge in [0.15, 0.2) is 0 Å². The minimum Gasteiger partial charge on any atom is -0.461 e. The van der Waals surface area contributed by atoms with Crippen molar-refractivity contribution in [2.45, 2.75) is 58.3 Å². The first-order valence-electron chi connectivity index (χ1n) is 6.69. The van der Waals surface area contributed by atoms with Gasteiger partial charge in [0.2, 0.25) is 0 Å². The van der Waals surface area contributed by atoms with E-state index in [0.29, 0.717) is 19.3 Å². The molecule has 0 radical (unpaired) electrons. The van der Waals surface area contributed by atoms with Gasteiger partial charge in [0, 0.05) is 0 Å². The van der Waals surface area contributed by atoms with Gasteiger partial charge in [0.1, 0.15) is 18.1 Å². The van der Waals surface area contributed by atoms with Gasteiger partial charge in [-0.25, -0.2) is 11.4 Å². The molecule has 0 aromatic carbocycles. The second kappa shape index (κ2) is 4.84. The van der Waals surface area contributed by atoms with Crippen molar-refractivity contribution >= 4 is 11.9 Å². The lowest BCUT2D eigenvalue weighted by atomic mass is 9.90. The highest BCUT2D eigenvalue weighted by Crippen LogP contribution is 2.41. The molecule has 1 aliphatic heterocycles. The molecule has 2 aliphatic rings. The molecule has 1 saturated carbocycles. The molecule has 1 heterocycles. The molecular weight excluding hydrogens is 246 g/mol. The summed E-state index contributed by atoms with van der Waals surface area (Å²) in [5.41, 5.74) is -0.533. The number of hydrogen-bond donors (Lipinski definition) is 0. The lowest BCUT2D eigenvalue weighted by Crippen LogP contribution is -2.36. The van der Waals surface area contributed by atoms with Crippen LogP contribution in [0.1, 0.15) is 40.0 Å². The molecule has 0 amide bonds.